The van der Waals surface area contributed by atoms with Gasteiger partial charge in [0, 0.05) is 5.69 Å². The summed E-state index contributed by atoms with van der Waals surface area (Å²) in [6.07, 6.45) is 1.90. The smallest absolute Gasteiger partial charge is 0.261 e. The number of aryl methyl sites for hydroxylation is 1. The molecule has 1 amide bonds. The maximum absolute atomic E-state index is 12.6. The Balaban J connectivity index is 1.46. The van der Waals surface area contributed by atoms with Gasteiger partial charge in [0.05, 0.1) is 18.3 Å². The molecule has 2 N–H and O–H groups in total. The van der Waals surface area contributed by atoms with Gasteiger partial charge in [-0.1, -0.05) is 42.5 Å². The second kappa shape index (κ2) is 11.9. The zero-order valence-electron chi connectivity index (χ0n) is 18.3. The third-order valence-electron chi connectivity index (χ3n) is 4.55. The number of ether oxygens (including phenoxy) is 2. The van der Waals surface area contributed by atoms with Crippen LogP contribution in [0.25, 0.3) is 0 Å². The predicted molar refractivity (Wildman–Crippen MR) is 133 cm³/mol. The Kier molecular flexibility index (Phi) is 8.63. The van der Waals surface area contributed by atoms with Gasteiger partial charge in [-0.25, -0.2) is 0 Å². The monoisotopic (exact) mass is 448 g/mol. The number of hydrogen-bond acceptors (Lipinski definition) is 4. The first-order valence-electron chi connectivity index (χ1n) is 10.7. The molecule has 6 heteroatoms. The molecule has 0 fully saturated rings. The minimum Gasteiger partial charge on any atom is -0.494 e. The first kappa shape index (κ1) is 23.3. The van der Waals surface area contributed by atoms with Crippen LogP contribution in [0, 0.1) is 0 Å². The van der Waals surface area contributed by atoms with E-state index in [2.05, 4.69) is 22.8 Å². The van der Waals surface area contributed by atoms with E-state index in [1.165, 1.54) is 5.56 Å². The SMILES string of the molecule is CC(C)Oc1ccccc1C(=O)NC(=S)Nc1ccc(OCCCc2ccccc2)cc1. The average Bonchev–Trinajstić information content (AvgIpc) is 2.78. The molecule has 3 aromatic rings. The van der Waals surface area contributed by atoms with Crippen LogP contribution in [-0.4, -0.2) is 23.7 Å². The van der Waals surface area contributed by atoms with Crippen LogP contribution in [0.2, 0.25) is 0 Å². The van der Waals surface area contributed by atoms with Crippen LogP contribution in [0.4, 0.5) is 5.69 Å². The van der Waals surface area contributed by atoms with E-state index in [-0.39, 0.29) is 17.1 Å². The molecule has 0 unspecified atom stereocenters. The van der Waals surface area contributed by atoms with Gasteiger partial charge < -0.3 is 14.8 Å². The van der Waals surface area contributed by atoms with Crippen LogP contribution in [0.3, 0.4) is 0 Å². The number of para-hydroxylation sites is 1. The molecule has 32 heavy (non-hydrogen) atoms. The molecule has 0 radical (unpaired) electrons. The second-order valence-electron chi connectivity index (χ2n) is 7.53. The van der Waals surface area contributed by atoms with E-state index in [9.17, 15) is 4.79 Å². The van der Waals surface area contributed by atoms with Crippen molar-refractivity contribution in [3.63, 3.8) is 0 Å². The molecule has 0 saturated heterocycles. The summed E-state index contributed by atoms with van der Waals surface area (Å²) < 4.78 is 11.5. The number of rotatable bonds is 9. The molecule has 3 rings (SSSR count). The maximum Gasteiger partial charge on any atom is 0.261 e. The van der Waals surface area contributed by atoms with Gasteiger partial charge in [-0.05, 0) is 80.9 Å². The van der Waals surface area contributed by atoms with Crippen molar-refractivity contribution in [2.45, 2.75) is 32.8 Å². The minimum absolute atomic E-state index is 0.0342. The van der Waals surface area contributed by atoms with E-state index < -0.39 is 0 Å². The van der Waals surface area contributed by atoms with Gasteiger partial charge in [-0.3, -0.25) is 10.1 Å². The number of amides is 1. The number of nitrogens with one attached hydrogen (secondary N) is 2. The number of hydrogen-bond donors (Lipinski definition) is 2. The Bertz CT molecular complexity index is 1020. The Morgan fingerprint density at radius 1 is 0.938 bits per heavy atom. The van der Waals surface area contributed by atoms with Crippen molar-refractivity contribution in [2.24, 2.45) is 0 Å². The van der Waals surface area contributed by atoms with Crippen LogP contribution in [0.5, 0.6) is 11.5 Å². The van der Waals surface area contributed by atoms with Crippen molar-refractivity contribution in [2.75, 3.05) is 11.9 Å². The number of thiocarbonyl (C=S) groups is 1. The van der Waals surface area contributed by atoms with Crippen LogP contribution in [0.1, 0.15) is 36.2 Å². The minimum atomic E-state index is -0.322. The lowest BCUT2D eigenvalue weighted by atomic mass is 10.1. The van der Waals surface area contributed by atoms with Crippen molar-refractivity contribution >= 4 is 28.9 Å². The zero-order chi connectivity index (χ0) is 22.8. The Labute approximate surface area is 194 Å². The van der Waals surface area contributed by atoms with E-state index in [0.717, 1.165) is 24.3 Å². The van der Waals surface area contributed by atoms with Gasteiger partial charge in [0.15, 0.2) is 5.11 Å². The molecule has 0 spiro atoms. The Hall–Kier alpha value is -3.38. The lowest BCUT2D eigenvalue weighted by molar-refractivity contribution is 0.0972. The second-order valence-corrected chi connectivity index (χ2v) is 7.94. The summed E-state index contributed by atoms with van der Waals surface area (Å²) in [6.45, 7) is 4.48. The van der Waals surface area contributed by atoms with Crippen LogP contribution in [-0.2, 0) is 6.42 Å². The van der Waals surface area contributed by atoms with Gasteiger partial charge in [0.1, 0.15) is 11.5 Å². The highest BCUT2D eigenvalue weighted by molar-refractivity contribution is 7.80. The third-order valence-corrected chi connectivity index (χ3v) is 4.76. The molecule has 166 valence electrons. The number of benzene rings is 3. The van der Waals surface area contributed by atoms with Gasteiger partial charge in [-0.2, -0.15) is 0 Å². The summed E-state index contributed by atoms with van der Waals surface area (Å²) in [4.78, 5) is 12.6. The zero-order valence-corrected chi connectivity index (χ0v) is 19.2. The molecule has 5 nitrogen and oxygen atoms in total. The summed E-state index contributed by atoms with van der Waals surface area (Å²) in [5.74, 6) is 0.993. The lowest BCUT2D eigenvalue weighted by Gasteiger charge is -2.15. The molecule has 0 heterocycles. The fourth-order valence-corrected chi connectivity index (χ4v) is 3.30. The summed E-state index contributed by atoms with van der Waals surface area (Å²) in [5.41, 5.74) is 2.51. The van der Waals surface area contributed by atoms with Crippen molar-refractivity contribution in [3.8, 4) is 11.5 Å². The van der Waals surface area contributed by atoms with Crippen molar-refractivity contribution in [1.29, 1.82) is 0 Å². The molecule has 0 saturated carbocycles. The Morgan fingerprint density at radius 2 is 1.62 bits per heavy atom. The van der Waals surface area contributed by atoms with Gasteiger partial charge in [-0.15, -0.1) is 0 Å². The van der Waals surface area contributed by atoms with E-state index in [1.807, 2.05) is 62.4 Å². The van der Waals surface area contributed by atoms with Gasteiger partial charge in [0.25, 0.3) is 5.91 Å². The predicted octanol–water partition coefficient (Wildman–Crippen LogP) is 5.61. The fourth-order valence-electron chi connectivity index (χ4n) is 3.09. The van der Waals surface area contributed by atoms with Crippen LogP contribution < -0.4 is 20.1 Å². The quantitative estimate of drug-likeness (QED) is 0.329. The largest absolute Gasteiger partial charge is 0.494 e. The van der Waals surface area contributed by atoms with E-state index >= 15 is 0 Å². The first-order chi connectivity index (χ1) is 15.5. The lowest BCUT2D eigenvalue weighted by Crippen LogP contribution is -2.34. The molecule has 3 aromatic carbocycles. The van der Waals surface area contributed by atoms with E-state index in [1.54, 1.807) is 18.2 Å². The van der Waals surface area contributed by atoms with Gasteiger partial charge in [0.2, 0.25) is 0 Å². The van der Waals surface area contributed by atoms with Crippen molar-refractivity contribution < 1.29 is 14.3 Å². The molecular weight excluding hydrogens is 420 g/mol. The Morgan fingerprint density at radius 3 is 2.34 bits per heavy atom. The highest BCUT2D eigenvalue weighted by atomic mass is 32.1. The molecule has 0 aliphatic heterocycles. The standard InChI is InChI=1S/C26H28N2O3S/c1-19(2)31-24-13-7-6-12-23(24)25(29)28-26(32)27-21-14-16-22(17-15-21)30-18-8-11-20-9-4-3-5-10-20/h3-7,9-10,12-17,19H,8,11,18H2,1-2H3,(H2,27,28,29,32). The molecule has 0 atom stereocenters. The number of carbonyl (C=O) groups excluding carboxylic acids is 1. The molecule has 0 aliphatic rings. The number of anilines is 1. The summed E-state index contributed by atoms with van der Waals surface area (Å²) >= 11 is 5.29. The van der Waals surface area contributed by atoms with Crippen molar-refractivity contribution in [1.82, 2.24) is 5.32 Å². The molecule has 0 bridgehead atoms. The molecule has 0 aliphatic carbocycles. The third kappa shape index (κ3) is 7.39. The fraction of sp³-hybridized carbons (Fsp3) is 0.231. The summed E-state index contributed by atoms with van der Waals surface area (Å²) in [7, 11) is 0. The van der Waals surface area contributed by atoms with Gasteiger partial charge >= 0.3 is 0 Å². The van der Waals surface area contributed by atoms with Crippen molar-refractivity contribution in [3.05, 3.63) is 90.0 Å². The number of carbonyl (C=O) groups is 1. The van der Waals surface area contributed by atoms with E-state index in [0.29, 0.717) is 17.9 Å². The highest BCUT2D eigenvalue weighted by Crippen LogP contribution is 2.20. The average molecular weight is 449 g/mol. The van der Waals surface area contributed by atoms with Crippen LogP contribution >= 0.6 is 12.2 Å². The maximum atomic E-state index is 12.6. The molecule has 0 aromatic heterocycles. The normalized spacial score (nSPS) is 10.5. The first-order valence-corrected chi connectivity index (χ1v) is 11.1. The van der Waals surface area contributed by atoms with Crippen LogP contribution in [0.15, 0.2) is 78.9 Å². The topological polar surface area (TPSA) is 59.6 Å². The summed E-state index contributed by atoms with van der Waals surface area (Å²) in [6, 6.07) is 24.9. The summed E-state index contributed by atoms with van der Waals surface area (Å²) in [5, 5.41) is 5.94. The van der Waals surface area contributed by atoms with E-state index in [4.69, 9.17) is 21.7 Å². The molecular formula is C26H28N2O3S. The highest BCUT2D eigenvalue weighted by Gasteiger charge is 2.14.